The lowest BCUT2D eigenvalue weighted by atomic mass is 10.1. The van der Waals surface area contributed by atoms with Gasteiger partial charge in [-0.05, 0) is 38.1 Å². The SMILES string of the molecule is CNC(C1=CCCCO1)c1cnn(-c2ccccc2)n1. The molecule has 0 spiro atoms. The van der Waals surface area contributed by atoms with Crippen LogP contribution in [0.1, 0.15) is 24.6 Å². The van der Waals surface area contributed by atoms with Crippen LogP contribution in [0, 0.1) is 0 Å². The lowest BCUT2D eigenvalue weighted by Crippen LogP contribution is -2.22. The van der Waals surface area contributed by atoms with E-state index in [0.29, 0.717) is 0 Å². The molecule has 1 aliphatic rings. The van der Waals surface area contributed by atoms with Gasteiger partial charge in [-0.1, -0.05) is 18.2 Å². The summed E-state index contributed by atoms with van der Waals surface area (Å²) in [7, 11) is 1.91. The van der Waals surface area contributed by atoms with Crippen molar-refractivity contribution in [1.29, 1.82) is 0 Å². The highest BCUT2D eigenvalue weighted by Gasteiger charge is 2.21. The first-order valence-electron chi connectivity index (χ1n) is 6.86. The number of ether oxygens (including phenoxy) is 1. The van der Waals surface area contributed by atoms with Crippen LogP contribution in [0.25, 0.3) is 5.69 Å². The minimum absolute atomic E-state index is 0.0345. The van der Waals surface area contributed by atoms with Crippen molar-refractivity contribution in [2.24, 2.45) is 0 Å². The normalized spacial score (nSPS) is 16.4. The first-order valence-corrected chi connectivity index (χ1v) is 6.86. The van der Waals surface area contributed by atoms with E-state index in [9.17, 15) is 0 Å². The maximum Gasteiger partial charge on any atom is 0.115 e. The fourth-order valence-electron chi connectivity index (χ4n) is 2.31. The second-order valence-corrected chi connectivity index (χ2v) is 4.71. The van der Waals surface area contributed by atoms with Gasteiger partial charge < -0.3 is 10.1 Å². The van der Waals surface area contributed by atoms with E-state index in [1.54, 1.807) is 11.0 Å². The topological polar surface area (TPSA) is 52.0 Å². The second-order valence-electron chi connectivity index (χ2n) is 4.71. The molecule has 1 aromatic heterocycles. The van der Waals surface area contributed by atoms with E-state index in [1.165, 1.54) is 0 Å². The number of para-hydroxylation sites is 1. The molecule has 1 unspecified atom stereocenters. The quantitative estimate of drug-likeness (QED) is 0.925. The fourth-order valence-corrected chi connectivity index (χ4v) is 2.31. The van der Waals surface area contributed by atoms with Crippen LogP contribution in [0.4, 0.5) is 0 Å². The third-order valence-electron chi connectivity index (χ3n) is 3.33. The average Bonchev–Trinajstić information content (AvgIpc) is 3.00. The summed E-state index contributed by atoms with van der Waals surface area (Å²) in [4.78, 5) is 1.64. The number of rotatable bonds is 4. The first kappa shape index (κ1) is 12.9. The van der Waals surface area contributed by atoms with Crippen LogP contribution in [0.5, 0.6) is 0 Å². The van der Waals surface area contributed by atoms with E-state index in [2.05, 4.69) is 21.6 Å². The number of benzene rings is 1. The predicted octanol–water partition coefficient (Wildman–Crippen LogP) is 2.22. The molecular weight excluding hydrogens is 252 g/mol. The van der Waals surface area contributed by atoms with Crippen LogP contribution in [0.2, 0.25) is 0 Å². The van der Waals surface area contributed by atoms with Gasteiger partial charge in [-0.2, -0.15) is 15.0 Å². The highest BCUT2D eigenvalue weighted by Crippen LogP contribution is 2.24. The summed E-state index contributed by atoms with van der Waals surface area (Å²) in [5.74, 6) is 0.943. The molecule has 0 radical (unpaired) electrons. The summed E-state index contributed by atoms with van der Waals surface area (Å²) in [5, 5.41) is 12.1. The molecule has 20 heavy (non-hydrogen) atoms. The Labute approximate surface area is 118 Å². The number of aromatic nitrogens is 3. The van der Waals surface area contributed by atoms with Gasteiger partial charge in [0.05, 0.1) is 18.5 Å². The van der Waals surface area contributed by atoms with Gasteiger partial charge in [0.2, 0.25) is 0 Å². The number of hydrogen-bond donors (Lipinski definition) is 1. The van der Waals surface area contributed by atoms with Gasteiger partial charge in [-0.15, -0.1) is 0 Å². The van der Waals surface area contributed by atoms with Crippen LogP contribution < -0.4 is 5.32 Å². The Morgan fingerprint density at radius 2 is 2.15 bits per heavy atom. The van der Waals surface area contributed by atoms with Crippen molar-refractivity contribution in [2.75, 3.05) is 13.7 Å². The Bertz CT molecular complexity index is 591. The minimum atomic E-state index is -0.0345. The van der Waals surface area contributed by atoms with Crippen molar-refractivity contribution in [3.63, 3.8) is 0 Å². The first-order chi connectivity index (χ1) is 9.88. The molecule has 1 aromatic carbocycles. The van der Waals surface area contributed by atoms with Crippen LogP contribution in [-0.2, 0) is 4.74 Å². The lowest BCUT2D eigenvalue weighted by Gasteiger charge is -2.21. The van der Waals surface area contributed by atoms with Gasteiger partial charge in [0, 0.05) is 0 Å². The summed E-state index contributed by atoms with van der Waals surface area (Å²) >= 11 is 0. The highest BCUT2D eigenvalue weighted by molar-refractivity contribution is 5.29. The van der Waals surface area contributed by atoms with Gasteiger partial charge in [0.15, 0.2) is 0 Å². The average molecular weight is 270 g/mol. The Hall–Kier alpha value is -2.14. The molecule has 0 amide bonds. The predicted molar refractivity (Wildman–Crippen MR) is 76.4 cm³/mol. The lowest BCUT2D eigenvalue weighted by molar-refractivity contribution is 0.168. The standard InChI is InChI=1S/C15H18N4O/c1-16-15(14-9-5-6-10-20-14)13-11-17-19(18-13)12-7-3-2-4-8-12/h2-4,7-9,11,15-16H,5-6,10H2,1H3. The van der Waals surface area contributed by atoms with Crippen LogP contribution in [0.3, 0.4) is 0 Å². The molecule has 5 nitrogen and oxygen atoms in total. The molecule has 5 heteroatoms. The number of nitrogens with zero attached hydrogens (tertiary/aromatic N) is 3. The maximum atomic E-state index is 5.72. The van der Waals surface area contributed by atoms with Crippen molar-refractivity contribution in [3.8, 4) is 5.69 Å². The van der Waals surface area contributed by atoms with Crippen LogP contribution in [0.15, 0.2) is 48.4 Å². The van der Waals surface area contributed by atoms with Gasteiger partial charge in [-0.25, -0.2) is 0 Å². The Morgan fingerprint density at radius 3 is 2.85 bits per heavy atom. The van der Waals surface area contributed by atoms with Gasteiger partial charge in [-0.3, -0.25) is 0 Å². The van der Waals surface area contributed by atoms with Crippen molar-refractivity contribution in [1.82, 2.24) is 20.3 Å². The molecule has 0 saturated carbocycles. The van der Waals surface area contributed by atoms with Crippen molar-refractivity contribution < 1.29 is 4.74 Å². The molecule has 2 heterocycles. The Balaban J connectivity index is 1.86. The summed E-state index contributed by atoms with van der Waals surface area (Å²) in [6, 6.07) is 9.85. The smallest absolute Gasteiger partial charge is 0.115 e. The van der Waals surface area contributed by atoms with Crippen molar-refractivity contribution >= 4 is 0 Å². The van der Waals surface area contributed by atoms with E-state index in [-0.39, 0.29) is 6.04 Å². The largest absolute Gasteiger partial charge is 0.496 e. The summed E-state index contributed by atoms with van der Waals surface area (Å²) < 4.78 is 5.72. The third-order valence-corrected chi connectivity index (χ3v) is 3.33. The molecule has 0 saturated heterocycles. The molecule has 1 aliphatic heterocycles. The van der Waals surface area contributed by atoms with E-state index < -0.39 is 0 Å². The number of hydrogen-bond acceptors (Lipinski definition) is 4. The maximum absolute atomic E-state index is 5.72. The summed E-state index contributed by atoms with van der Waals surface area (Å²) in [6.07, 6.45) is 6.05. The zero-order valence-corrected chi connectivity index (χ0v) is 11.5. The Kier molecular flexibility index (Phi) is 3.78. The summed E-state index contributed by atoms with van der Waals surface area (Å²) in [6.45, 7) is 0.775. The van der Waals surface area contributed by atoms with Crippen molar-refractivity contribution in [3.05, 3.63) is 54.1 Å². The second kappa shape index (κ2) is 5.88. The molecule has 1 atom stereocenters. The molecule has 1 N–H and O–H groups in total. The number of allylic oxidation sites excluding steroid dienone is 1. The van der Waals surface area contributed by atoms with Gasteiger partial charge in [0.25, 0.3) is 0 Å². The molecule has 0 fully saturated rings. The zero-order chi connectivity index (χ0) is 13.8. The molecule has 3 rings (SSSR count). The van der Waals surface area contributed by atoms with E-state index in [1.807, 2.05) is 37.4 Å². The monoisotopic (exact) mass is 270 g/mol. The number of likely N-dealkylation sites (N-methyl/N-ethyl adjacent to an activating group) is 1. The van der Waals surface area contributed by atoms with Crippen LogP contribution in [-0.4, -0.2) is 28.6 Å². The van der Waals surface area contributed by atoms with E-state index in [4.69, 9.17) is 4.74 Å². The summed E-state index contributed by atoms with van der Waals surface area (Å²) in [5.41, 5.74) is 1.82. The molecular formula is C15H18N4O. The van der Waals surface area contributed by atoms with Crippen LogP contribution >= 0.6 is 0 Å². The van der Waals surface area contributed by atoms with E-state index >= 15 is 0 Å². The molecule has 0 bridgehead atoms. The fraction of sp³-hybridized carbons (Fsp3) is 0.333. The van der Waals surface area contributed by atoms with Gasteiger partial charge >= 0.3 is 0 Å². The van der Waals surface area contributed by atoms with E-state index in [0.717, 1.165) is 36.6 Å². The minimum Gasteiger partial charge on any atom is -0.496 e. The third kappa shape index (κ3) is 2.58. The Morgan fingerprint density at radius 1 is 1.30 bits per heavy atom. The molecule has 104 valence electrons. The zero-order valence-electron chi connectivity index (χ0n) is 11.5. The van der Waals surface area contributed by atoms with Gasteiger partial charge in [0.1, 0.15) is 17.5 Å². The highest BCUT2D eigenvalue weighted by atomic mass is 16.5. The molecule has 2 aromatic rings. The molecule has 0 aliphatic carbocycles. The van der Waals surface area contributed by atoms with Crippen molar-refractivity contribution in [2.45, 2.75) is 18.9 Å². The number of nitrogens with one attached hydrogen (secondary N) is 1.